The van der Waals surface area contributed by atoms with Gasteiger partial charge in [0.1, 0.15) is 0 Å². The molecule has 2 heterocycles. The van der Waals surface area contributed by atoms with Crippen molar-refractivity contribution in [1.29, 1.82) is 0 Å². The quantitative estimate of drug-likeness (QED) is 0.716. The van der Waals surface area contributed by atoms with Crippen LogP contribution in [0.5, 0.6) is 0 Å². The molecule has 2 rings (SSSR count). The fourth-order valence-electron chi connectivity index (χ4n) is 2.02. The topological polar surface area (TPSA) is 20.3 Å². The van der Waals surface area contributed by atoms with E-state index < -0.39 is 0 Å². The van der Waals surface area contributed by atoms with Crippen molar-refractivity contribution in [2.45, 2.75) is 32.1 Å². The first-order chi connectivity index (χ1) is 7.38. The summed E-state index contributed by atoms with van der Waals surface area (Å²) in [7, 11) is 0. The Labute approximate surface area is 94.9 Å². The summed E-state index contributed by atoms with van der Waals surface area (Å²) >= 11 is 1.59. The number of hydrogen-bond acceptors (Lipinski definition) is 2. The summed E-state index contributed by atoms with van der Waals surface area (Å²) in [6.45, 7) is 1.88. The summed E-state index contributed by atoms with van der Waals surface area (Å²) in [4.78, 5) is 14.1. The van der Waals surface area contributed by atoms with Gasteiger partial charge in [0.2, 0.25) is 0 Å². The third kappa shape index (κ3) is 2.81. The highest BCUT2D eigenvalue weighted by molar-refractivity contribution is 7.08. The van der Waals surface area contributed by atoms with Crippen LogP contribution in [0.2, 0.25) is 0 Å². The van der Waals surface area contributed by atoms with Crippen molar-refractivity contribution in [1.82, 2.24) is 4.90 Å². The van der Waals surface area contributed by atoms with Crippen molar-refractivity contribution in [3.05, 3.63) is 22.4 Å². The van der Waals surface area contributed by atoms with Crippen molar-refractivity contribution in [2.24, 2.45) is 0 Å². The largest absolute Gasteiger partial charge is 0.339 e. The maximum atomic E-state index is 12.1. The zero-order valence-electron chi connectivity index (χ0n) is 8.95. The number of carbonyl (C=O) groups is 1. The average Bonchev–Trinajstić information content (AvgIpc) is 2.68. The molecule has 0 radical (unpaired) electrons. The van der Waals surface area contributed by atoms with E-state index in [9.17, 15) is 4.79 Å². The predicted octanol–water partition coefficient (Wildman–Crippen LogP) is 3.15. The van der Waals surface area contributed by atoms with E-state index in [2.05, 4.69) is 0 Å². The molecule has 1 aliphatic heterocycles. The maximum Gasteiger partial charge on any atom is 0.254 e. The Morgan fingerprint density at radius 1 is 1.13 bits per heavy atom. The molecule has 82 valence electrons. The SMILES string of the molecule is O=C(c1ccsc1)N1CCCCCCC1. The molecule has 3 heteroatoms. The number of likely N-dealkylation sites (tertiary alicyclic amines) is 1. The van der Waals surface area contributed by atoms with E-state index in [4.69, 9.17) is 0 Å². The molecule has 1 saturated heterocycles. The number of hydrogen-bond donors (Lipinski definition) is 0. The van der Waals surface area contributed by atoms with Crippen LogP contribution in [0, 0.1) is 0 Å². The van der Waals surface area contributed by atoms with Crippen molar-refractivity contribution in [3.8, 4) is 0 Å². The van der Waals surface area contributed by atoms with Gasteiger partial charge >= 0.3 is 0 Å². The molecule has 0 N–H and O–H groups in total. The van der Waals surface area contributed by atoms with E-state index in [1.54, 1.807) is 11.3 Å². The van der Waals surface area contributed by atoms with Crippen LogP contribution in [-0.4, -0.2) is 23.9 Å². The standard InChI is InChI=1S/C12H17NOS/c14-12(11-6-9-15-10-11)13-7-4-2-1-3-5-8-13/h6,9-10H,1-5,7-8H2. The van der Waals surface area contributed by atoms with Crippen LogP contribution in [-0.2, 0) is 0 Å². The van der Waals surface area contributed by atoms with Gasteiger partial charge in [-0.2, -0.15) is 11.3 Å². The number of nitrogens with zero attached hydrogens (tertiary/aromatic N) is 1. The Bertz CT molecular complexity index is 299. The molecule has 0 saturated carbocycles. The molecule has 1 fully saturated rings. The van der Waals surface area contributed by atoms with Gasteiger partial charge in [-0.3, -0.25) is 4.79 Å². The molecular weight excluding hydrogens is 206 g/mol. The third-order valence-electron chi connectivity index (χ3n) is 2.91. The number of carbonyl (C=O) groups excluding carboxylic acids is 1. The maximum absolute atomic E-state index is 12.1. The van der Waals surface area contributed by atoms with Crippen LogP contribution < -0.4 is 0 Å². The first-order valence-corrected chi connectivity index (χ1v) is 6.64. The summed E-state index contributed by atoms with van der Waals surface area (Å²) in [6.07, 6.45) is 6.20. The highest BCUT2D eigenvalue weighted by Gasteiger charge is 2.16. The molecule has 15 heavy (non-hydrogen) atoms. The molecule has 1 aliphatic rings. The van der Waals surface area contributed by atoms with Gasteiger partial charge in [0, 0.05) is 18.5 Å². The molecule has 1 aromatic heterocycles. The fourth-order valence-corrected chi connectivity index (χ4v) is 2.65. The van der Waals surface area contributed by atoms with E-state index >= 15 is 0 Å². The Morgan fingerprint density at radius 3 is 2.40 bits per heavy atom. The molecule has 0 aromatic carbocycles. The van der Waals surface area contributed by atoms with Crippen LogP contribution >= 0.6 is 11.3 Å². The molecule has 0 atom stereocenters. The Morgan fingerprint density at radius 2 is 1.80 bits per heavy atom. The van der Waals surface area contributed by atoms with Crippen LogP contribution in [0.3, 0.4) is 0 Å². The molecule has 0 unspecified atom stereocenters. The zero-order chi connectivity index (χ0) is 10.5. The van der Waals surface area contributed by atoms with Gasteiger partial charge in [0.05, 0.1) is 5.56 Å². The van der Waals surface area contributed by atoms with Gasteiger partial charge in [0.15, 0.2) is 0 Å². The van der Waals surface area contributed by atoms with Crippen LogP contribution in [0.4, 0.5) is 0 Å². The van der Waals surface area contributed by atoms with Crippen LogP contribution in [0.25, 0.3) is 0 Å². The summed E-state index contributed by atoms with van der Waals surface area (Å²) < 4.78 is 0. The summed E-state index contributed by atoms with van der Waals surface area (Å²) in [5.41, 5.74) is 0.862. The number of rotatable bonds is 1. The molecule has 0 aliphatic carbocycles. The minimum Gasteiger partial charge on any atom is -0.339 e. The third-order valence-corrected chi connectivity index (χ3v) is 3.59. The molecule has 2 nitrogen and oxygen atoms in total. The Balaban J connectivity index is 1.98. The molecule has 1 amide bonds. The molecule has 1 aromatic rings. The lowest BCUT2D eigenvalue weighted by Crippen LogP contribution is -2.33. The van der Waals surface area contributed by atoms with E-state index in [1.165, 1.54) is 19.3 Å². The lowest BCUT2D eigenvalue weighted by molar-refractivity contribution is 0.0743. The van der Waals surface area contributed by atoms with E-state index in [0.29, 0.717) is 0 Å². The number of thiophene rings is 1. The Hall–Kier alpha value is -0.830. The van der Waals surface area contributed by atoms with E-state index in [1.807, 2.05) is 21.7 Å². The molecule has 0 bridgehead atoms. The zero-order valence-corrected chi connectivity index (χ0v) is 9.76. The van der Waals surface area contributed by atoms with Crippen molar-refractivity contribution < 1.29 is 4.79 Å². The number of amides is 1. The van der Waals surface area contributed by atoms with Crippen molar-refractivity contribution in [2.75, 3.05) is 13.1 Å². The lowest BCUT2D eigenvalue weighted by Gasteiger charge is -2.24. The van der Waals surface area contributed by atoms with Gasteiger partial charge in [-0.1, -0.05) is 19.3 Å². The minimum atomic E-state index is 0.221. The van der Waals surface area contributed by atoms with Gasteiger partial charge in [0.25, 0.3) is 5.91 Å². The normalized spacial score (nSPS) is 18.3. The van der Waals surface area contributed by atoms with Gasteiger partial charge in [-0.25, -0.2) is 0 Å². The summed E-state index contributed by atoms with van der Waals surface area (Å²) in [6, 6.07) is 1.92. The second kappa shape index (κ2) is 5.31. The van der Waals surface area contributed by atoms with Gasteiger partial charge in [-0.05, 0) is 24.3 Å². The fraction of sp³-hybridized carbons (Fsp3) is 0.583. The Kier molecular flexibility index (Phi) is 3.78. The van der Waals surface area contributed by atoms with Crippen LogP contribution in [0.15, 0.2) is 16.8 Å². The minimum absolute atomic E-state index is 0.221. The van der Waals surface area contributed by atoms with Crippen LogP contribution in [0.1, 0.15) is 42.5 Å². The van der Waals surface area contributed by atoms with Gasteiger partial charge < -0.3 is 4.90 Å². The molecular formula is C12H17NOS. The first kappa shape index (κ1) is 10.7. The van der Waals surface area contributed by atoms with Crippen molar-refractivity contribution in [3.63, 3.8) is 0 Å². The summed E-state index contributed by atoms with van der Waals surface area (Å²) in [5.74, 6) is 0.221. The van der Waals surface area contributed by atoms with Gasteiger partial charge in [-0.15, -0.1) is 0 Å². The summed E-state index contributed by atoms with van der Waals surface area (Å²) in [5, 5.41) is 3.92. The van der Waals surface area contributed by atoms with E-state index in [0.717, 1.165) is 31.5 Å². The monoisotopic (exact) mass is 223 g/mol. The second-order valence-corrected chi connectivity index (χ2v) is 4.85. The van der Waals surface area contributed by atoms with E-state index in [-0.39, 0.29) is 5.91 Å². The highest BCUT2D eigenvalue weighted by atomic mass is 32.1. The first-order valence-electron chi connectivity index (χ1n) is 5.69. The lowest BCUT2D eigenvalue weighted by atomic mass is 10.1. The smallest absolute Gasteiger partial charge is 0.254 e. The highest BCUT2D eigenvalue weighted by Crippen LogP contribution is 2.15. The second-order valence-electron chi connectivity index (χ2n) is 4.07. The predicted molar refractivity (Wildman–Crippen MR) is 63.3 cm³/mol. The molecule has 0 spiro atoms. The van der Waals surface area contributed by atoms with Crippen molar-refractivity contribution >= 4 is 17.2 Å². The average molecular weight is 223 g/mol.